The third-order valence-electron chi connectivity index (χ3n) is 2.04. The van der Waals surface area contributed by atoms with Crippen LogP contribution in [0.4, 0.5) is 0 Å². The molecule has 0 saturated carbocycles. The van der Waals surface area contributed by atoms with Gasteiger partial charge in [0.2, 0.25) is 0 Å². The second-order valence-electron chi connectivity index (χ2n) is 3.03. The molecule has 0 aliphatic carbocycles. The number of rotatable bonds is 6. The topological polar surface area (TPSA) is 56.2 Å². The van der Waals surface area contributed by atoms with Crippen LogP contribution in [0.15, 0.2) is 16.7 Å². The number of aldehydes is 1. The average molecular weight is 181 g/mol. The van der Waals surface area contributed by atoms with E-state index in [0.29, 0.717) is 5.76 Å². The van der Waals surface area contributed by atoms with E-state index >= 15 is 0 Å². The van der Waals surface area contributed by atoms with Crippen molar-refractivity contribution < 1.29 is 9.21 Å². The maximum atomic E-state index is 10.5. The number of carbonyl (C=O) groups excluding carboxylic acids is 1. The van der Waals surface area contributed by atoms with Gasteiger partial charge in [0.1, 0.15) is 0 Å². The molecule has 3 heteroatoms. The van der Waals surface area contributed by atoms with E-state index in [4.69, 9.17) is 10.2 Å². The number of furan rings is 1. The molecular formula is C10H15NO2. The second-order valence-corrected chi connectivity index (χ2v) is 3.03. The molecule has 0 fully saturated rings. The number of carbonyl (C=O) groups is 1. The van der Waals surface area contributed by atoms with E-state index in [-0.39, 0.29) is 0 Å². The van der Waals surface area contributed by atoms with Crippen LogP contribution in [0.3, 0.4) is 0 Å². The van der Waals surface area contributed by atoms with Gasteiger partial charge in [0.25, 0.3) is 0 Å². The summed E-state index contributed by atoms with van der Waals surface area (Å²) < 4.78 is 4.98. The molecule has 0 bridgehead atoms. The van der Waals surface area contributed by atoms with Gasteiger partial charge in [0, 0.05) is 5.56 Å². The minimum Gasteiger partial charge on any atom is -0.461 e. The van der Waals surface area contributed by atoms with E-state index in [9.17, 15) is 4.79 Å². The van der Waals surface area contributed by atoms with E-state index in [1.165, 1.54) is 0 Å². The van der Waals surface area contributed by atoms with Crippen molar-refractivity contribution in [2.24, 2.45) is 5.73 Å². The van der Waals surface area contributed by atoms with E-state index in [0.717, 1.165) is 44.1 Å². The number of aryl methyl sites for hydroxylation is 1. The molecule has 0 aromatic carbocycles. The number of nitrogens with two attached hydrogens (primary N) is 1. The zero-order valence-corrected chi connectivity index (χ0v) is 7.66. The van der Waals surface area contributed by atoms with E-state index in [1.807, 2.05) is 6.07 Å². The summed E-state index contributed by atoms with van der Waals surface area (Å²) in [7, 11) is 0. The maximum Gasteiger partial charge on any atom is 0.185 e. The highest BCUT2D eigenvalue weighted by Gasteiger charge is 2.03. The highest BCUT2D eigenvalue weighted by Crippen LogP contribution is 2.11. The predicted octanol–water partition coefficient (Wildman–Crippen LogP) is 1.76. The molecule has 1 rings (SSSR count). The van der Waals surface area contributed by atoms with Crippen LogP contribution < -0.4 is 5.73 Å². The summed E-state index contributed by atoms with van der Waals surface area (Å²) >= 11 is 0. The molecule has 0 spiro atoms. The molecule has 3 nitrogen and oxygen atoms in total. The van der Waals surface area contributed by atoms with Gasteiger partial charge in [-0.25, -0.2) is 0 Å². The third kappa shape index (κ3) is 3.03. The van der Waals surface area contributed by atoms with Crippen molar-refractivity contribution in [2.75, 3.05) is 6.54 Å². The maximum absolute atomic E-state index is 10.5. The fourth-order valence-corrected chi connectivity index (χ4v) is 1.29. The Bertz CT molecular complexity index is 255. The Morgan fingerprint density at radius 1 is 1.38 bits per heavy atom. The lowest BCUT2D eigenvalue weighted by atomic mass is 10.1. The summed E-state index contributed by atoms with van der Waals surface area (Å²) in [6, 6.07) is 1.85. The third-order valence-corrected chi connectivity index (χ3v) is 2.04. The Morgan fingerprint density at radius 2 is 2.23 bits per heavy atom. The van der Waals surface area contributed by atoms with Crippen LogP contribution in [-0.2, 0) is 6.42 Å². The zero-order chi connectivity index (χ0) is 9.52. The highest BCUT2D eigenvalue weighted by molar-refractivity contribution is 5.72. The number of hydrogen-bond acceptors (Lipinski definition) is 3. The Morgan fingerprint density at radius 3 is 2.92 bits per heavy atom. The molecule has 0 atom stereocenters. The van der Waals surface area contributed by atoms with Crippen LogP contribution in [-0.4, -0.2) is 12.8 Å². The van der Waals surface area contributed by atoms with E-state index < -0.39 is 0 Å². The predicted molar refractivity (Wildman–Crippen MR) is 50.7 cm³/mol. The molecule has 13 heavy (non-hydrogen) atoms. The Kier molecular flexibility index (Phi) is 4.26. The van der Waals surface area contributed by atoms with E-state index in [1.54, 1.807) is 6.26 Å². The zero-order valence-electron chi connectivity index (χ0n) is 7.66. The highest BCUT2D eigenvalue weighted by atomic mass is 16.3. The molecule has 2 N–H and O–H groups in total. The lowest BCUT2D eigenvalue weighted by molar-refractivity contribution is 0.109. The van der Waals surface area contributed by atoms with Gasteiger partial charge in [-0.05, 0) is 31.9 Å². The van der Waals surface area contributed by atoms with Gasteiger partial charge in [-0.2, -0.15) is 0 Å². The minimum absolute atomic E-state index is 0.466. The van der Waals surface area contributed by atoms with Crippen molar-refractivity contribution in [3.8, 4) is 0 Å². The van der Waals surface area contributed by atoms with Gasteiger partial charge in [0.05, 0.1) is 6.26 Å². The summed E-state index contributed by atoms with van der Waals surface area (Å²) in [5, 5.41) is 0. The summed E-state index contributed by atoms with van der Waals surface area (Å²) in [4.78, 5) is 10.5. The van der Waals surface area contributed by atoms with Crippen LogP contribution in [0.5, 0.6) is 0 Å². The molecule has 1 aromatic heterocycles. The Balaban J connectivity index is 2.31. The molecular weight excluding hydrogens is 166 g/mol. The first-order valence-electron chi connectivity index (χ1n) is 4.60. The molecule has 72 valence electrons. The van der Waals surface area contributed by atoms with Crippen molar-refractivity contribution in [2.45, 2.75) is 25.7 Å². The molecule has 0 saturated heterocycles. The van der Waals surface area contributed by atoms with Gasteiger partial charge in [-0.15, -0.1) is 0 Å². The Hall–Kier alpha value is -1.09. The fourth-order valence-electron chi connectivity index (χ4n) is 1.29. The van der Waals surface area contributed by atoms with E-state index in [2.05, 4.69) is 0 Å². The number of unbranched alkanes of at least 4 members (excludes halogenated alkanes) is 2. The second kappa shape index (κ2) is 5.54. The van der Waals surface area contributed by atoms with Gasteiger partial charge < -0.3 is 10.2 Å². The molecule has 0 aliphatic heterocycles. The number of hydrogen-bond donors (Lipinski definition) is 1. The van der Waals surface area contributed by atoms with Gasteiger partial charge in [0.15, 0.2) is 12.0 Å². The Labute approximate surface area is 77.9 Å². The summed E-state index contributed by atoms with van der Waals surface area (Å²) in [5.41, 5.74) is 6.38. The SMILES string of the molecule is NCCCCCc1ccoc1C=O. The van der Waals surface area contributed by atoms with Crippen molar-refractivity contribution in [3.05, 3.63) is 23.7 Å². The molecule has 0 aliphatic rings. The van der Waals surface area contributed by atoms with Gasteiger partial charge >= 0.3 is 0 Å². The van der Waals surface area contributed by atoms with Crippen LogP contribution in [0, 0.1) is 0 Å². The lowest BCUT2D eigenvalue weighted by Crippen LogP contribution is -1.98. The molecule has 0 radical (unpaired) electrons. The quantitative estimate of drug-likeness (QED) is 0.537. The van der Waals surface area contributed by atoms with Crippen LogP contribution in [0.25, 0.3) is 0 Å². The lowest BCUT2D eigenvalue weighted by Gasteiger charge is -1.97. The normalized spacial score (nSPS) is 10.2. The molecule has 1 heterocycles. The smallest absolute Gasteiger partial charge is 0.185 e. The molecule has 1 aromatic rings. The molecule has 0 amide bonds. The van der Waals surface area contributed by atoms with Gasteiger partial charge in [-0.3, -0.25) is 4.79 Å². The van der Waals surface area contributed by atoms with Crippen molar-refractivity contribution >= 4 is 6.29 Å². The first-order chi connectivity index (χ1) is 6.38. The van der Waals surface area contributed by atoms with Crippen LogP contribution >= 0.6 is 0 Å². The summed E-state index contributed by atoms with van der Waals surface area (Å²) in [6.45, 7) is 0.742. The monoisotopic (exact) mass is 181 g/mol. The minimum atomic E-state index is 0.466. The summed E-state index contributed by atoms with van der Waals surface area (Å²) in [5.74, 6) is 0.466. The standard InChI is InChI=1S/C10H15NO2/c11-6-3-1-2-4-9-5-7-13-10(9)8-12/h5,7-8H,1-4,6,11H2. The first kappa shape index (κ1) is 9.99. The molecule has 0 unspecified atom stereocenters. The first-order valence-corrected chi connectivity index (χ1v) is 4.60. The van der Waals surface area contributed by atoms with Crippen molar-refractivity contribution in [3.63, 3.8) is 0 Å². The van der Waals surface area contributed by atoms with Gasteiger partial charge in [-0.1, -0.05) is 6.42 Å². The summed E-state index contributed by atoms with van der Waals surface area (Å²) in [6.07, 6.45) is 6.46. The van der Waals surface area contributed by atoms with Crippen molar-refractivity contribution in [1.82, 2.24) is 0 Å². The van der Waals surface area contributed by atoms with Crippen molar-refractivity contribution in [1.29, 1.82) is 0 Å². The average Bonchev–Trinajstić information content (AvgIpc) is 2.60. The van der Waals surface area contributed by atoms with Crippen LogP contribution in [0.1, 0.15) is 35.4 Å². The van der Waals surface area contributed by atoms with Crippen LogP contribution in [0.2, 0.25) is 0 Å². The fraction of sp³-hybridized carbons (Fsp3) is 0.500. The largest absolute Gasteiger partial charge is 0.461 e.